The maximum absolute atomic E-state index is 4.61. The molecule has 4 nitrogen and oxygen atoms in total. The Hall–Kier alpha value is -1.81. The van der Waals surface area contributed by atoms with Crippen LogP contribution in [0.4, 0.5) is 5.69 Å². The first-order valence-electron chi connectivity index (χ1n) is 8.06. The molecule has 1 aliphatic heterocycles. The molecule has 0 spiro atoms. The minimum atomic E-state index is 0.961. The van der Waals surface area contributed by atoms with Gasteiger partial charge < -0.3 is 9.47 Å². The second-order valence-electron chi connectivity index (χ2n) is 6.44. The van der Waals surface area contributed by atoms with Crippen LogP contribution in [0.5, 0.6) is 0 Å². The lowest BCUT2D eigenvalue weighted by molar-refractivity contribution is 0.247. The van der Waals surface area contributed by atoms with Crippen LogP contribution >= 0.6 is 0 Å². The molecule has 118 valence electrons. The average Bonchev–Trinajstić information content (AvgIpc) is 2.81. The molecule has 1 aromatic carbocycles. The Kier molecular flexibility index (Phi) is 4.21. The third-order valence-corrected chi connectivity index (χ3v) is 4.62. The highest BCUT2D eigenvalue weighted by atomic mass is 15.3. The number of benzene rings is 1. The monoisotopic (exact) mass is 298 g/mol. The van der Waals surface area contributed by atoms with Crippen LogP contribution in [-0.4, -0.2) is 40.6 Å². The Morgan fingerprint density at radius 1 is 1.05 bits per heavy atom. The highest BCUT2D eigenvalue weighted by Crippen LogP contribution is 2.23. The molecule has 0 N–H and O–H groups in total. The van der Waals surface area contributed by atoms with Crippen molar-refractivity contribution in [2.24, 2.45) is 7.05 Å². The molecule has 0 radical (unpaired) electrons. The molecule has 1 aliphatic rings. The number of nitrogens with zero attached hydrogens (tertiary/aromatic N) is 4. The van der Waals surface area contributed by atoms with E-state index in [1.54, 1.807) is 0 Å². The van der Waals surface area contributed by atoms with Crippen molar-refractivity contribution in [3.8, 4) is 0 Å². The van der Waals surface area contributed by atoms with Gasteiger partial charge in [0, 0.05) is 51.7 Å². The first-order chi connectivity index (χ1) is 10.5. The Balaban J connectivity index is 1.61. The molecule has 1 fully saturated rings. The van der Waals surface area contributed by atoms with Gasteiger partial charge in [-0.3, -0.25) is 4.90 Å². The van der Waals surface area contributed by atoms with Gasteiger partial charge in [0.2, 0.25) is 0 Å². The lowest BCUT2D eigenvalue weighted by Gasteiger charge is -2.36. The average molecular weight is 298 g/mol. The van der Waals surface area contributed by atoms with Crippen LogP contribution in [0.3, 0.4) is 0 Å². The maximum atomic E-state index is 4.61. The molecule has 0 unspecified atom stereocenters. The van der Waals surface area contributed by atoms with Gasteiger partial charge in [0.1, 0.15) is 5.82 Å². The molecule has 1 aromatic heterocycles. The van der Waals surface area contributed by atoms with Crippen LogP contribution in [0.25, 0.3) is 0 Å². The summed E-state index contributed by atoms with van der Waals surface area (Å²) in [6.45, 7) is 11.8. The first-order valence-corrected chi connectivity index (χ1v) is 8.06. The predicted octanol–water partition coefficient (Wildman–Crippen LogP) is 2.67. The fourth-order valence-corrected chi connectivity index (χ4v) is 3.14. The quantitative estimate of drug-likeness (QED) is 0.871. The van der Waals surface area contributed by atoms with Crippen molar-refractivity contribution in [1.29, 1.82) is 0 Å². The summed E-state index contributed by atoms with van der Waals surface area (Å²) in [4.78, 5) is 9.63. The molecule has 0 amide bonds. The van der Waals surface area contributed by atoms with Gasteiger partial charge in [-0.2, -0.15) is 0 Å². The third-order valence-electron chi connectivity index (χ3n) is 4.62. The van der Waals surface area contributed by atoms with Crippen molar-refractivity contribution >= 4 is 5.69 Å². The largest absolute Gasteiger partial charge is 0.369 e. The summed E-state index contributed by atoms with van der Waals surface area (Å²) >= 11 is 0. The highest BCUT2D eigenvalue weighted by Gasteiger charge is 2.19. The second-order valence-corrected chi connectivity index (χ2v) is 6.44. The van der Waals surface area contributed by atoms with Crippen molar-refractivity contribution < 1.29 is 0 Å². The van der Waals surface area contributed by atoms with E-state index < -0.39 is 0 Å². The van der Waals surface area contributed by atoms with E-state index in [0.717, 1.165) is 38.5 Å². The Morgan fingerprint density at radius 2 is 1.77 bits per heavy atom. The van der Waals surface area contributed by atoms with Crippen molar-refractivity contribution in [2.45, 2.75) is 27.3 Å². The summed E-state index contributed by atoms with van der Waals surface area (Å²) in [5.41, 5.74) is 5.29. The van der Waals surface area contributed by atoms with E-state index in [2.05, 4.69) is 71.6 Å². The molecule has 22 heavy (non-hydrogen) atoms. The number of rotatable bonds is 3. The standard InChI is InChI=1S/C18H26N4/c1-14-5-6-15(2)18(11-14)22-9-7-21(8-10-22)13-17-12-20(4)16(3)19-17/h5-6,11-12H,7-10,13H2,1-4H3. The van der Waals surface area contributed by atoms with Crippen molar-refractivity contribution in [3.05, 3.63) is 47.0 Å². The zero-order valence-corrected chi connectivity index (χ0v) is 14.1. The van der Waals surface area contributed by atoms with Crippen LogP contribution in [0, 0.1) is 20.8 Å². The SMILES string of the molecule is Cc1ccc(C)c(N2CCN(Cc3cn(C)c(C)n3)CC2)c1. The van der Waals surface area contributed by atoms with E-state index >= 15 is 0 Å². The molecule has 1 saturated heterocycles. The molecule has 2 aromatic rings. The summed E-state index contributed by atoms with van der Waals surface area (Å²) in [6.07, 6.45) is 2.15. The van der Waals surface area contributed by atoms with Gasteiger partial charge in [0.05, 0.1) is 5.69 Å². The third kappa shape index (κ3) is 3.17. The summed E-state index contributed by atoms with van der Waals surface area (Å²) in [5, 5.41) is 0. The van der Waals surface area contributed by atoms with Crippen molar-refractivity contribution in [3.63, 3.8) is 0 Å². The molecule has 3 rings (SSSR count). The van der Waals surface area contributed by atoms with Crippen molar-refractivity contribution in [2.75, 3.05) is 31.1 Å². The van der Waals surface area contributed by atoms with Crippen LogP contribution < -0.4 is 4.90 Å². The number of hydrogen-bond donors (Lipinski definition) is 0. The lowest BCUT2D eigenvalue weighted by atomic mass is 10.1. The summed E-state index contributed by atoms with van der Waals surface area (Å²) in [7, 11) is 2.06. The normalized spacial score (nSPS) is 16.3. The molecule has 0 atom stereocenters. The molecule has 0 aliphatic carbocycles. The zero-order chi connectivity index (χ0) is 15.7. The van der Waals surface area contributed by atoms with Crippen LogP contribution in [-0.2, 0) is 13.6 Å². The molecule has 0 bridgehead atoms. The number of hydrogen-bond acceptors (Lipinski definition) is 3. The summed E-state index contributed by atoms with van der Waals surface area (Å²) in [6, 6.07) is 6.74. The Labute approximate surface area is 133 Å². The summed E-state index contributed by atoms with van der Waals surface area (Å²) in [5.74, 6) is 1.09. The minimum Gasteiger partial charge on any atom is -0.369 e. The number of anilines is 1. The fourth-order valence-electron chi connectivity index (χ4n) is 3.14. The van der Waals surface area contributed by atoms with Gasteiger partial charge in [-0.15, -0.1) is 0 Å². The van der Waals surface area contributed by atoms with Gasteiger partial charge >= 0.3 is 0 Å². The topological polar surface area (TPSA) is 24.3 Å². The Morgan fingerprint density at radius 3 is 2.41 bits per heavy atom. The van der Waals surface area contributed by atoms with E-state index in [0.29, 0.717) is 0 Å². The van der Waals surface area contributed by atoms with E-state index in [4.69, 9.17) is 0 Å². The minimum absolute atomic E-state index is 0.961. The van der Waals surface area contributed by atoms with E-state index in [-0.39, 0.29) is 0 Å². The molecular weight excluding hydrogens is 272 g/mol. The molecule has 2 heterocycles. The molecular formula is C18H26N4. The number of aromatic nitrogens is 2. The van der Waals surface area contributed by atoms with Crippen LogP contribution in [0.2, 0.25) is 0 Å². The van der Waals surface area contributed by atoms with E-state index in [9.17, 15) is 0 Å². The lowest BCUT2D eigenvalue weighted by Crippen LogP contribution is -2.46. The van der Waals surface area contributed by atoms with Crippen molar-refractivity contribution in [1.82, 2.24) is 14.5 Å². The van der Waals surface area contributed by atoms with Crippen LogP contribution in [0.1, 0.15) is 22.6 Å². The van der Waals surface area contributed by atoms with Gasteiger partial charge in [-0.25, -0.2) is 4.98 Å². The van der Waals surface area contributed by atoms with E-state index in [1.807, 2.05) is 0 Å². The zero-order valence-electron chi connectivity index (χ0n) is 14.1. The number of piperazine rings is 1. The van der Waals surface area contributed by atoms with E-state index in [1.165, 1.54) is 22.5 Å². The Bertz CT molecular complexity index is 632. The second kappa shape index (κ2) is 6.13. The maximum Gasteiger partial charge on any atom is 0.105 e. The van der Waals surface area contributed by atoms with Gasteiger partial charge in [0.25, 0.3) is 0 Å². The summed E-state index contributed by atoms with van der Waals surface area (Å²) < 4.78 is 2.10. The van der Waals surface area contributed by atoms with Gasteiger partial charge in [-0.05, 0) is 38.0 Å². The van der Waals surface area contributed by atoms with Gasteiger partial charge in [0.15, 0.2) is 0 Å². The molecule has 4 heteroatoms. The predicted molar refractivity (Wildman–Crippen MR) is 91.4 cm³/mol. The number of imidazole rings is 1. The smallest absolute Gasteiger partial charge is 0.105 e. The number of aryl methyl sites for hydroxylation is 4. The van der Waals surface area contributed by atoms with Gasteiger partial charge in [-0.1, -0.05) is 12.1 Å². The highest BCUT2D eigenvalue weighted by molar-refractivity contribution is 5.55. The van der Waals surface area contributed by atoms with Crippen LogP contribution in [0.15, 0.2) is 24.4 Å². The molecule has 0 saturated carbocycles. The first kappa shape index (κ1) is 15.1. The fraction of sp³-hybridized carbons (Fsp3) is 0.500.